The minimum Gasteiger partial charge on any atom is -0.488 e. The number of quaternary nitrogens is 2. The second kappa shape index (κ2) is 14.4. The second-order valence-electron chi connectivity index (χ2n) is 13.1. The standard InChI is InChI=1S/C34H44IN4O8/c1-5-17-44-33(42)31-25(22(3)30-29(32(41)37(30)31)23(4)47-34(43)45-18-6-2)21-46-27-19-24(7-8-26(27)35)9-10-38-11-14-39(15-12-38,16-13-38)20-28(36)40/h5-8,19,22-23,29-30H,1-2,9-18,20-21H2,3-4H3,(H-,36,40)/q+1/p+1/t22?,23?,29-,30-,38?,39?/m1/s1. The summed E-state index contributed by atoms with van der Waals surface area (Å²) in [6.45, 7) is 18.4. The molecule has 5 heterocycles. The Morgan fingerprint density at radius 2 is 1.70 bits per heavy atom. The molecule has 5 aliphatic rings. The van der Waals surface area contributed by atoms with Crippen LogP contribution in [0.15, 0.2) is 54.8 Å². The van der Waals surface area contributed by atoms with Gasteiger partial charge in [-0.1, -0.05) is 38.3 Å². The van der Waals surface area contributed by atoms with Crippen molar-refractivity contribution < 1.29 is 47.1 Å². The summed E-state index contributed by atoms with van der Waals surface area (Å²) in [4.78, 5) is 51.8. The molecule has 2 amide bonds. The minimum atomic E-state index is -0.883. The molecule has 254 valence electrons. The lowest BCUT2D eigenvalue weighted by atomic mass is 9.77. The number of β-lactam (4-membered cyclic amide) rings is 1. The van der Waals surface area contributed by atoms with E-state index >= 15 is 0 Å². The molecule has 6 rings (SSSR count). The summed E-state index contributed by atoms with van der Waals surface area (Å²) in [5.74, 6) is -1.37. The van der Waals surface area contributed by atoms with E-state index in [2.05, 4.69) is 47.9 Å². The summed E-state index contributed by atoms with van der Waals surface area (Å²) in [5, 5.41) is 0. The van der Waals surface area contributed by atoms with Crippen LogP contribution in [-0.2, 0) is 35.0 Å². The number of nitrogens with zero attached hydrogens (tertiary/aromatic N) is 3. The molecule has 1 aromatic rings. The van der Waals surface area contributed by atoms with Gasteiger partial charge >= 0.3 is 12.1 Å². The molecule has 4 saturated heterocycles. The Morgan fingerprint density at radius 1 is 1.06 bits per heavy atom. The van der Waals surface area contributed by atoms with Crippen LogP contribution in [0.5, 0.6) is 5.75 Å². The number of carbonyl (C=O) groups excluding carboxylic acids is 4. The Bertz CT molecular complexity index is 1450. The smallest absolute Gasteiger partial charge is 0.488 e. The van der Waals surface area contributed by atoms with Gasteiger partial charge in [0.05, 0.1) is 22.1 Å². The number of benzene rings is 1. The van der Waals surface area contributed by atoms with Crippen molar-refractivity contribution in [3.05, 3.63) is 63.9 Å². The van der Waals surface area contributed by atoms with E-state index in [0.717, 1.165) is 70.3 Å². The monoisotopic (exact) mass is 764 g/mol. The first kappa shape index (κ1) is 34.9. The fourth-order valence-electron chi connectivity index (χ4n) is 7.58. The van der Waals surface area contributed by atoms with Gasteiger partial charge in [-0.15, -0.1) is 0 Å². The van der Waals surface area contributed by atoms with Crippen LogP contribution in [0.25, 0.3) is 0 Å². The maximum Gasteiger partial charge on any atom is 0.508 e. The van der Waals surface area contributed by atoms with Crippen LogP contribution in [0.1, 0.15) is 19.4 Å². The quantitative estimate of drug-likeness (QED) is 0.0948. The summed E-state index contributed by atoms with van der Waals surface area (Å²) in [7, 11) is 0. The lowest BCUT2D eigenvalue weighted by Gasteiger charge is -2.55. The minimum absolute atomic E-state index is 0.000717. The summed E-state index contributed by atoms with van der Waals surface area (Å²) >= 11 is 2.24. The third kappa shape index (κ3) is 7.21. The van der Waals surface area contributed by atoms with Crippen molar-refractivity contribution in [1.29, 1.82) is 0 Å². The van der Waals surface area contributed by atoms with E-state index in [9.17, 15) is 19.2 Å². The van der Waals surface area contributed by atoms with Crippen molar-refractivity contribution in [2.24, 2.45) is 17.6 Å². The van der Waals surface area contributed by atoms with Gasteiger partial charge in [0.25, 0.3) is 5.91 Å². The highest BCUT2D eigenvalue weighted by molar-refractivity contribution is 14.1. The molecule has 4 atom stereocenters. The number of esters is 1. The van der Waals surface area contributed by atoms with E-state index in [0.29, 0.717) is 17.9 Å². The number of piperazine rings is 3. The number of primary amides is 1. The molecular formula is C34H45IN4O8+2. The fourth-order valence-corrected chi connectivity index (χ4v) is 8.07. The number of amides is 2. The number of hydrogen-bond donors (Lipinski definition) is 1. The van der Waals surface area contributed by atoms with E-state index in [4.69, 9.17) is 24.7 Å². The fraction of sp³-hybridized carbons (Fsp3) is 0.529. The highest BCUT2D eigenvalue weighted by Gasteiger charge is 2.61. The molecule has 13 heteroatoms. The van der Waals surface area contributed by atoms with Gasteiger partial charge in [-0.25, -0.2) is 9.59 Å². The highest BCUT2D eigenvalue weighted by Crippen LogP contribution is 2.48. The van der Waals surface area contributed by atoms with Crippen LogP contribution < -0.4 is 10.5 Å². The number of halogens is 1. The summed E-state index contributed by atoms with van der Waals surface area (Å²) in [6, 6.07) is 5.82. The molecule has 2 unspecified atom stereocenters. The number of carbonyl (C=O) groups is 4. The predicted octanol–water partition coefficient (Wildman–Crippen LogP) is 2.55. The van der Waals surface area contributed by atoms with E-state index in [1.165, 1.54) is 17.1 Å². The number of rotatable bonds is 15. The lowest BCUT2D eigenvalue weighted by Crippen LogP contribution is -2.76. The number of hydrogen-bond acceptors (Lipinski definition) is 8. The van der Waals surface area contributed by atoms with Crippen LogP contribution in [0, 0.1) is 15.4 Å². The lowest BCUT2D eigenvalue weighted by molar-refractivity contribution is -1.08. The molecule has 5 aliphatic heterocycles. The average Bonchev–Trinajstić information content (AvgIpc) is 3.29. The maximum atomic E-state index is 13.4. The van der Waals surface area contributed by atoms with Crippen molar-refractivity contribution in [3.8, 4) is 5.75 Å². The van der Waals surface area contributed by atoms with Gasteiger partial charge in [-0.3, -0.25) is 9.59 Å². The Kier molecular flexibility index (Phi) is 10.7. The SMILES string of the molecule is C=CCOC(=O)OC(C)[C@H]1C(=O)N2C(C(=O)OCC=C)=C(COc3cc(CC[N+]45CC[N+](CC(N)=O)(CC4)CC5)ccc3I)C(C)[C@H]12. The molecule has 0 saturated carbocycles. The molecule has 2 N–H and O–H groups in total. The van der Waals surface area contributed by atoms with Gasteiger partial charge in [-0.05, 0) is 47.2 Å². The largest absolute Gasteiger partial charge is 0.508 e. The molecule has 47 heavy (non-hydrogen) atoms. The average molecular weight is 765 g/mol. The van der Waals surface area contributed by atoms with Gasteiger partial charge in [0.15, 0.2) is 6.54 Å². The van der Waals surface area contributed by atoms with E-state index < -0.39 is 30.2 Å². The molecule has 1 aromatic carbocycles. The zero-order valence-electron chi connectivity index (χ0n) is 27.2. The normalized spacial score (nSPS) is 28.2. The van der Waals surface area contributed by atoms with Crippen LogP contribution in [0.4, 0.5) is 4.79 Å². The molecule has 0 aromatic heterocycles. The summed E-state index contributed by atoms with van der Waals surface area (Å²) in [5.41, 5.74) is 7.53. The zero-order chi connectivity index (χ0) is 33.9. The summed E-state index contributed by atoms with van der Waals surface area (Å²) in [6.07, 6.45) is 2.14. The highest BCUT2D eigenvalue weighted by atomic mass is 127. The van der Waals surface area contributed by atoms with Gasteiger partial charge < -0.3 is 38.5 Å². The Balaban J connectivity index is 1.27. The Morgan fingerprint density at radius 3 is 2.34 bits per heavy atom. The molecule has 0 aliphatic carbocycles. The zero-order valence-corrected chi connectivity index (χ0v) is 29.3. The van der Waals surface area contributed by atoms with Crippen molar-refractivity contribution in [1.82, 2.24) is 4.90 Å². The topological polar surface area (TPSA) is 134 Å². The van der Waals surface area contributed by atoms with Crippen molar-refractivity contribution in [3.63, 3.8) is 0 Å². The van der Waals surface area contributed by atoms with Gasteiger partial charge in [0.2, 0.25) is 5.91 Å². The van der Waals surface area contributed by atoms with Crippen molar-refractivity contribution >= 4 is 46.5 Å². The molecular weight excluding hydrogens is 719 g/mol. The third-order valence-corrected chi connectivity index (χ3v) is 11.2. The first-order chi connectivity index (χ1) is 22.4. The van der Waals surface area contributed by atoms with Gasteiger partial charge in [-0.2, -0.15) is 0 Å². The van der Waals surface area contributed by atoms with Crippen LogP contribution in [0.2, 0.25) is 0 Å². The van der Waals surface area contributed by atoms with E-state index in [1.54, 1.807) is 6.92 Å². The molecule has 0 radical (unpaired) electrons. The molecule has 4 fully saturated rings. The van der Waals surface area contributed by atoms with Gasteiger partial charge in [0, 0.05) is 17.9 Å². The predicted molar refractivity (Wildman–Crippen MR) is 181 cm³/mol. The van der Waals surface area contributed by atoms with E-state index in [1.807, 2.05) is 13.0 Å². The second-order valence-corrected chi connectivity index (χ2v) is 14.3. The van der Waals surface area contributed by atoms with Crippen LogP contribution >= 0.6 is 22.6 Å². The van der Waals surface area contributed by atoms with E-state index in [-0.39, 0.29) is 43.2 Å². The number of fused-ring (bicyclic) bond motifs is 4. The maximum absolute atomic E-state index is 13.4. The molecule has 12 nitrogen and oxygen atoms in total. The summed E-state index contributed by atoms with van der Waals surface area (Å²) < 4.78 is 24.9. The first-order valence-corrected chi connectivity index (χ1v) is 17.2. The number of ether oxygens (including phenoxy) is 4. The van der Waals surface area contributed by atoms with Crippen molar-refractivity contribution in [2.45, 2.75) is 32.4 Å². The number of nitrogens with two attached hydrogens (primary N) is 1. The molecule has 0 spiro atoms. The van der Waals surface area contributed by atoms with Gasteiger partial charge in [0.1, 0.15) is 76.6 Å². The third-order valence-electron chi connectivity index (χ3n) is 10.3. The first-order valence-electron chi connectivity index (χ1n) is 16.1. The van der Waals surface area contributed by atoms with Crippen LogP contribution in [0.3, 0.4) is 0 Å². The Labute approximate surface area is 289 Å². The van der Waals surface area contributed by atoms with Crippen LogP contribution in [-0.4, -0.2) is 122 Å². The molecule has 2 bridgehead atoms. The Hall–Kier alpha value is -3.43. The van der Waals surface area contributed by atoms with Crippen molar-refractivity contribution in [2.75, 3.05) is 72.2 Å².